The van der Waals surface area contributed by atoms with Crippen LogP contribution in [0, 0.1) is 11.3 Å². The van der Waals surface area contributed by atoms with Gasteiger partial charge in [-0.1, -0.05) is 182 Å². The first-order chi connectivity index (χ1) is 17.5. The topological polar surface area (TPSA) is 37.3 Å². The van der Waals surface area contributed by atoms with Gasteiger partial charge in [-0.25, -0.2) is 0 Å². The second kappa shape index (κ2) is 26.1. The van der Waals surface area contributed by atoms with E-state index in [9.17, 15) is 9.90 Å². The van der Waals surface area contributed by atoms with Crippen molar-refractivity contribution >= 4 is 5.97 Å². The Morgan fingerprint density at radius 2 is 0.833 bits per heavy atom. The van der Waals surface area contributed by atoms with E-state index in [1.54, 1.807) is 0 Å². The summed E-state index contributed by atoms with van der Waals surface area (Å²) in [6.07, 6.45) is 35.1. The van der Waals surface area contributed by atoms with Crippen LogP contribution in [0.15, 0.2) is 0 Å². The number of unbranched alkanes of at least 4 members (excludes halogenated alkanes) is 22. The van der Waals surface area contributed by atoms with E-state index < -0.39 is 11.4 Å². The largest absolute Gasteiger partial charge is 0.481 e. The normalized spacial score (nSPS) is 14.1. The highest BCUT2D eigenvalue weighted by atomic mass is 16.4. The van der Waals surface area contributed by atoms with E-state index in [2.05, 4.69) is 27.7 Å². The zero-order valence-electron chi connectivity index (χ0n) is 25.5. The van der Waals surface area contributed by atoms with Crippen LogP contribution in [0.2, 0.25) is 0 Å². The summed E-state index contributed by atoms with van der Waals surface area (Å²) in [6, 6.07) is 0. The average molecular weight is 509 g/mol. The Morgan fingerprint density at radius 3 is 1.14 bits per heavy atom. The van der Waals surface area contributed by atoms with Gasteiger partial charge in [-0.3, -0.25) is 4.79 Å². The lowest BCUT2D eigenvalue weighted by molar-refractivity contribution is -0.153. The minimum Gasteiger partial charge on any atom is -0.481 e. The van der Waals surface area contributed by atoms with Crippen molar-refractivity contribution in [2.45, 2.75) is 201 Å². The molecular weight excluding hydrogens is 440 g/mol. The molecule has 0 aliphatic rings. The highest BCUT2D eigenvalue weighted by molar-refractivity contribution is 5.74. The smallest absolute Gasteiger partial charge is 0.309 e. The van der Waals surface area contributed by atoms with Crippen molar-refractivity contribution in [1.29, 1.82) is 0 Å². The van der Waals surface area contributed by atoms with Gasteiger partial charge in [0, 0.05) is 0 Å². The van der Waals surface area contributed by atoms with Crippen molar-refractivity contribution in [1.82, 2.24) is 0 Å². The summed E-state index contributed by atoms with van der Waals surface area (Å²) in [5, 5.41) is 10.2. The Morgan fingerprint density at radius 1 is 0.528 bits per heavy atom. The van der Waals surface area contributed by atoms with Crippen molar-refractivity contribution in [2.24, 2.45) is 11.3 Å². The average Bonchev–Trinajstić information content (AvgIpc) is 2.87. The molecule has 0 rings (SSSR count). The van der Waals surface area contributed by atoms with Crippen LogP contribution in [0.4, 0.5) is 0 Å². The lowest BCUT2D eigenvalue weighted by atomic mass is 9.69. The van der Waals surface area contributed by atoms with Gasteiger partial charge in [0.15, 0.2) is 0 Å². The standard InChI is InChI=1S/C34H68O2/c1-5-8-10-12-14-16-18-19-20-22-24-26-28-30-32(4)34(7-3,33(35)36)31-29-27-25-23-21-17-15-13-11-9-6-2/h32H,5-31H2,1-4H3,(H,35,36). The van der Waals surface area contributed by atoms with Gasteiger partial charge in [0.25, 0.3) is 0 Å². The highest BCUT2D eigenvalue weighted by Crippen LogP contribution is 2.40. The van der Waals surface area contributed by atoms with E-state index in [1.165, 1.54) is 148 Å². The second-order valence-electron chi connectivity index (χ2n) is 12.0. The molecule has 2 heteroatoms. The van der Waals surface area contributed by atoms with Crippen LogP contribution >= 0.6 is 0 Å². The molecule has 0 radical (unpaired) electrons. The Kier molecular flexibility index (Phi) is 25.7. The van der Waals surface area contributed by atoms with E-state index in [0.717, 1.165) is 25.7 Å². The molecule has 0 fully saturated rings. The van der Waals surface area contributed by atoms with Gasteiger partial charge in [-0.2, -0.15) is 0 Å². The van der Waals surface area contributed by atoms with Crippen molar-refractivity contribution in [2.75, 3.05) is 0 Å². The molecule has 0 saturated heterocycles. The number of aliphatic carboxylic acids is 1. The van der Waals surface area contributed by atoms with E-state index in [4.69, 9.17) is 0 Å². The number of hydrogen-bond acceptors (Lipinski definition) is 1. The second-order valence-corrected chi connectivity index (χ2v) is 12.0. The Balaban J connectivity index is 3.89. The van der Waals surface area contributed by atoms with Gasteiger partial charge in [-0.05, 0) is 25.2 Å². The van der Waals surface area contributed by atoms with Crippen LogP contribution in [0.1, 0.15) is 201 Å². The van der Waals surface area contributed by atoms with Crippen LogP contribution < -0.4 is 0 Å². The fourth-order valence-corrected chi connectivity index (χ4v) is 6.09. The molecule has 2 nitrogen and oxygen atoms in total. The molecule has 1 N–H and O–H groups in total. The van der Waals surface area contributed by atoms with Crippen LogP contribution in [0.3, 0.4) is 0 Å². The van der Waals surface area contributed by atoms with Gasteiger partial charge < -0.3 is 5.11 Å². The van der Waals surface area contributed by atoms with Crippen molar-refractivity contribution in [3.8, 4) is 0 Å². The lowest BCUT2D eigenvalue weighted by Gasteiger charge is -2.35. The van der Waals surface area contributed by atoms with Gasteiger partial charge >= 0.3 is 5.97 Å². The third-order valence-electron chi connectivity index (χ3n) is 8.97. The Labute approximate surface area is 228 Å². The van der Waals surface area contributed by atoms with E-state index in [-0.39, 0.29) is 5.92 Å². The molecular formula is C34H68O2. The SMILES string of the molecule is CCCCCCCCCCCCCCCC(C)C(CC)(CCCCCCCCCCCCC)C(=O)O. The summed E-state index contributed by atoms with van der Waals surface area (Å²) in [5.41, 5.74) is -0.504. The first-order valence-corrected chi connectivity index (χ1v) is 16.8. The summed E-state index contributed by atoms with van der Waals surface area (Å²) < 4.78 is 0. The van der Waals surface area contributed by atoms with Crippen LogP contribution in [-0.2, 0) is 4.79 Å². The maximum atomic E-state index is 12.3. The predicted molar refractivity (Wildman–Crippen MR) is 161 cm³/mol. The molecule has 0 aromatic heterocycles. The molecule has 0 heterocycles. The first kappa shape index (κ1) is 35.5. The van der Waals surface area contributed by atoms with Crippen molar-refractivity contribution in [3.63, 3.8) is 0 Å². The molecule has 0 bridgehead atoms. The third-order valence-corrected chi connectivity index (χ3v) is 8.97. The fourth-order valence-electron chi connectivity index (χ4n) is 6.09. The Hall–Kier alpha value is -0.530. The summed E-state index contributed by atoms with van der Waals surface area (Å²) in [4.78, 5) is 12.3. The monoisotopic (exact) mass is 509 g/mol. The Bertz CT molecular complexity index is 460. The van der Waals surface area contributed by atoms with Crippen LogP contribution in [0.5, 0.6) is 0 Å². The fraction of sp³-hybridized carbons (Fsp3) is 0.971. The number of carbonyl (C=O) groups is 1. The number of rotatable bonds is 29. The minimum absolute atomic E-state index is 0.288. The number of carboxylic acid groups (broad SMARTS) is 1. The third kappa shape index (κ3) is 18.7. The van der Waals surface area contributed by atoms with Gasteiger partial charge in [0.1, 0.15) is 0 Å². The van der Waals surface area contributed by atoms with Gasteiger partial charge in [0.2, 0.25) is 0 Å². The molecule has 0 aliphatic carbocycles. The summed E-state index contributed by atoms with van der Waals surface area (Å²) in [5.74, 6) is -0.255. The van der Waals surface area contributed by atoms with Gasteiger partial charge in [-0.15, -0.1) is 0 Å². The summed E-state index contributed by atoms with van der Waals surface area (Å²) >= 11 is 0. The molecule has 0 amide bonds. The molecule has 0 aromatic rings. The molecule has 0 spiro atoms. The van der Waals surface area contributed by atoms with Crippen LogP contribution in [-0.4, -0.2) is 11.1 Å². The number of carboxylic acids is 1. The van der Waals surface area contributed by atoms with E-state index in [1.807, 2.05) is 0 Å². The quantitative estimate of drug-likeness (QED) is 0.102. The minimum atomic E-state index is -0.542. The first-order valence-electron chi connectivity index (χ1n) is 16.8. The van der Waals surface area contributed by atoms with E-state index in [0.29, 0.717) is 0 Å². The summed E-state index contributed by atoms with van der Waals surface area (Å²) in [6.45, 7) is 8.88. The summed E-state index contributed by atoms with van der Waals surface area (Å²) in [7, 11) is 0. The highest BCUT2D eigenvalue weighted by Gasteiger charge is 2.40. The molecule has 216 valence electrons. The van der Waals surface area contributed by atoms with E-state index >= 15 is 0 Å². The molecule has 36 heavy (non-hydrogen) atoms. The van der Waals surface area contributed by atoms with Crippen molar-refractivity contribution in [3.05, 3.63) is 0 Å². The molecule has 0 saturated carbocycles. The predicted octanol–water partition coefficient (Wildman–Crippen LogP) is 12.3. The van der Waals surface area contributed by atoms with Crippen molar-refractivity contribution < 1.29 is 9.90 Å². The zero-order valence-corrected chi connectivity index (χ0v) is 25.5. The molecule has 0 aliphatic heterocycles. The van der Waals surface area contributed by atoms with Gasteiger partial charge in [0.05, 0.1) is 5.41 Å². The zero-order chi connectivity index (χ0) is 26.7. The number of hydrogen-bond donors (Lipinski definition) is 1. The molecule has 2 atom stereocenters. The molecule has 0 aromatic carbocycles. The maximum absolute atomic E-state index is 12.3. The van der Waals surface area contributed by atoms with Crippen LogP contribution in [0.25, 0.3) is 0 Å². The molecule has 2 unspecified atom stereocenters. The maximum Gasteiger partial charge on any atom is 0.309 e. The lowest BCUT2D eigenvalue weighted by Crippen LogP contribution is -2.37.